The minimum Gasteiger partial charge on any atom is -0.456 e. The lowest BCUT2D eigenvalue weighted by Gasteiger charge is -2.23. The van der Waals surface area contributed by atoms with Crippen LogP contribution in [0.15, 0.2) is 144 Å². The van der Waals surface area contributed by atoms with Gasteiger partial charge in [-0.3, -0.25) is 0 Å². The zero-order valence-corrected chi connectivity index (χ0v) is 25.7. The van der Waals surface area contributed by atoms with E-state index in [1.165, 1.54) is 76.6 Å². The number of hydrogen-bond acceptors (Lipinski definition) is 1. The number of hydrogen-bond donors (Lipinski definition) is 0. The molecule has 0 atom stereocenters. The van der Waals surface area contributed by atoms with Crippen molar-refractivity contribution in [2.75, 3.05) is 0 Å². The quantitative estimate of drug-likeness (QED) is 0.191. The Morgan fingerprint density at radius 1 is 0.400 bits per heavy atom. The summed E-state index contributed by atoms with van der Waals surface area (Å²) >= 11 is 0. The lowest BCUT2D eigenvalue weighted by Crippen LogP contribution is -2.10. The average molecular weight is 577 g/mol. The standard InChI is InChI=1S/C44H32O/c1-44(2,3)32-24-30-19-21-34-37(27-11-5-4-6-12-27)26-38(35-22-20-31(25-32)41(30)43(34)35)29-14-9-13-28(23-29)33-16-10-18-40-42(33)36-15-7-8-17-39(36)45-40/h4-26H,1-3H3. The van der Waals surface area contributed by atoms with Gasteiger partial charge in [-0.25, -0.2) is 0 Å². The highest BCUT2D eigenvalue weighted by Gasteiger charge is 2.20. The second kappa shape index (κ2) is 9.55. The second-order valence-corrected chi connectivity index (χ2v) is 13.3. The predicted molar refractivity (Wildman–Crippen MR) is 192 cm³/mol. The van der Waals surface area contributed by atoms with Crippen molar-refractivity contribution in [3.05, 3.63) is 145 Å². The van der Waals surface area contributed by atoms with Crippen LogP contribution in [-0.2, 0) is 5.41 Å². The molecule has 0 saturated heterocycles. The fourth-order valence-corrected chi connectivity index (χ4v) is 7.31. The van der Waals surface area contributed by atoms with Crippen LogP contribution in [0.3, 0.4) is 0 Å². The van der Waals surface area contributed by atoms with Crippen LogP contribution in [0, 0.1) is 0 Å². The van der Waals surface area contributed by atoms with E-state index in [0.29, 0.717) is 0 Å². The molecule has 0 bridgehead atoms. The molecule has 0 spiro atoms. The van der Waals surface area contributed by atoms with E-state index in [4.69, 9.17) is 4.42 Å². The lowest BCUT2D eigenvalue weighted by molar-refractivity contribution is 0.591. The first-order valence-corrected chi connectivity index (χ1v) is 15.8. The van der Waals surface area contributed by atoms with Crippen molar-refractivity contribution >= 4 is 54.3 Å². The van der Waals surface area contributed by atoms with E-state index in [-0.39, 0.29) is 5.41 Å². The van der Waals surface area contributed by atoms with E-state index >= 15 is 0 Å². The van der Waals surface area contributed by atoms with Gasteiger partial charge in [0, 0.05) is 10.8 Å². The maximum Gasteiger partial charge on any atom is 0.136 e. The van der Waals surface area contributed by atoms with Gasteiger partial charge >= 0.3 is 0 Å². The molecule has 0 saturated carbocycles. The van der Waals surface area contributed by atoms with E-state index < -0.39 is 0 Å². The van der Waals surface area contributed by atoms with E-state index in [1.807, 2.05) is 6.07 Å². The van der Waals surface area contributed by atoms with Crippen LogP contribution in [-0.4, -0.2) is 0 Å². The Balaban J connectivity index is 1.34. The summed E-state index contributed by atoms with van der Waals surface area (Å²) in [6.45, 7) is 6.89. The molecule has 1 heteroatoms. The minimum atomic E-state index is 0.0778. The summed E-state index contributed by atoms with van der Waals surface area (Å²) < 4.78 is 6.25. The van der Waals surface area contributed by atoms with Crippen LogP contribution in [0.1, 0.15) is 26.3 Å². The van der Waals surface area contributed by atoms with Gasteiger partial charge in [-0.2, -0.15) is 0 Å². The molecular formula is C44H32O. The Bertz CT molecular complexity index is 2540. The summed E-state index contributed by atoms with van der Waals surface area (Å²) in [4.78, 5) is 0. The molecule has 45 heavy (non-hydrogen) atoms. The molecule has 0 aliphatic rings. The molecular weight excluding hydrogens is 544 g/mol. The molecule has 0 radical (unpaired) electrons. The largest absolute Gasteiger partial charge is 0.456 e. The van der Waals surface area contributed by atoms with Crippen LogP contribution in [0.2, 0.25) is 0 Å². The van der Waals surface area contributed by atoms with Gasteiger partial charge in [0.1, 0.15) is 11.2 Å². The first kappa shape index (κ1) is 26.0. The third kappa shape index (κ3) is 4.01. The summed E-state index contributed by atoms with van der Waals surface area (Å²) in [5.41, 5.74) is 10.6. The Morgan fingerprint density at radius 3 is 1.73 bits per heavy atom. The van der Waals surface area contributed by atoms with Crippen LogP contribution in [0.25, 0.3) is 87.6 Å². The molecule has 0 fully saturated rings. The van der Waals surface area contributed by atoms with Gasteiger partial charge in [-0.1, -0.05) is 136 Å². The maximum atomic E-state index is 6.25. The molecule has 0 N–H and O–H groups in total. The van der Waals surface area contributed by atoms with Crippen molar-refractivity contribution < 1.29 is 4.42 Å². The highest BCUT2D eigenvalue weighted by molar-refractivity contribution is 6.28. The maximum absolute atomic E-state index is 6.25. The van der Waals surface area contributed by atoms with E-state index in [9.17, 15) is 0 Å². The number of benzene rings is 8. The van der Waals surface area contributed by atoms with E-state index in [2.05, 4.69) is 154 Å². The van der Waals surface area contributed by atoms with Gasteiger partial charge in [0.05, 0.1) is 0 Å². The highest BCUT2D eigenvalue weighted by atomic mass is 16.3. The smallest absolute Gasteiger partial charge is 0.136 e. The van der Waals surface area contributed by atoms with Gasteiger partial charge in [-0.15, -0.1) is 0 Å². The number of fused-ring (bicyclic) bond motifs is 3. The van der Waals surface area contributed by atoms with Crippen molar-refractivity contribution in [3.63, 3.8) is 0 Å². The summed E-state index contributed by atoms with van der Waals surface area (Å²) in [5, 5.41) is 10.2. The minimum absolute atomic E-state index is 0.0778. The summed E-state index contributed by atoms with van der Waals surface area (Å²) in [5.74, 6) is 0. The molecule has 1 aromatic heterocycles. The van der Waals surface area contributed by atoms with Gasteiger partial charge in [0.2, 0.25) is 0 Å². The molecule has 1 nitrogen and oxygen atoms in total. The van der Waals surface area contributed by atoms with Gasteiger partial charge < -0.3 is 4.42 Å². The van der Waals surface area contributed by atoms with Crippen LogP contribution in [0.5, 0.6) is 0 Å². The number of para-hydroxylation sites is 1. The highest BCUT2D eigenvalue weighted by Crippen LogP contribution is 2.46. The fourth-order valence-electron chi connectivity index (χ4n) is 7.31. The van der Waals surface area contributed by atoms with Gasteiger partial charge in [-0.05, 0) is 101 Å². The molecule has 9 aromatic rings. The first-order chi connectivity index (χ1) is 21.9. The van der Waals surface area contributed by atoms with E-state index in [1.54, 1.807) is 0 Å². The first-order valence-electron chi connectivity index (χ1n) is 15.8. The molecule has 1 heterocycles. The van der Waals surface area contributed by atoms with Crippen molar-refractivity contribution in [2.24, 2.45) is 0 Å². The molecule has 0 aliphatic carbocycles. The van der Waals surface area contributed by atoms with Crippen molar-refractivity contribution in [1.29, 1.82) is 0 Å². The van der Waals surface area contributed by atoms with Crippen LogP contribution < -0.4 is 0 Å². The Hall–Kier alpha value is -5.40. The lowest BCUT2D eigenvalue weighted by atomic mass is 9.81. The van der Waals surface area contributed by atoms with Gasteiger partial charge in [0.15, 0.2) is 0 Å². The monoisotopic (exact) mass is 576 g/mol. The molecule has 8 aromatic carbocycles. The zero-order chi connectivity index (χ0) is 30.3. The number of rotatable bonds is 3. The molecule has 0 unspecified atom stereocenters. The third-order valence-corrected chi connectivity index (χ3v) is 9.55. The summed E-state index contributed by atoms with van der Waals surface area (Å²) in [6.07, 6.45) is 0. The SMILES string of the molecule is CC(C)(C)c1cc2ccc3c(-c4ccccc4)cc(-c4cccc(-c5cccc6oc7ccccc7c56)c4)c4ccc(c1)c2c34. The topological polar surface area (TPSA) is 13.1 Å². The molecule has 0 amide bonds. The summed E-state index contributed by atoms with van der Waals surface area (Å²) in [6, 6.07) is 51.1. The second-order valence-electron chi connectivity index (χ2n) is 13.3. The Morgan fingerprint density at radius 2 is 1.00 bits per heavy atom. The Kier molecular flexibility index (Phi) is 5.53. The van der Waals surface area contributed by atoms with Crippen LogP contribution >= 0.6 is 0 Å². The van der Waals surface area contributed by atoms with Crippen LogP contribution in [0.4, 0.5) is 0 Å². The predicted octanol–water partition coefficient (Wildman–Crippen LogP) is 12.8. The molecule has 9 rings (SSSR count). The van der Waals surface area contributed by atoms with Crippen molar-refractivity contribution in [2.45, 2.75) is 26.2 Å². The summed E-state index contributed by atoms with van der Waals surface area (Å²) in [7, 11) is 0. The Labute approximate surface area is 262 Å². The fraction of sp³-hybridized carbons (Fsp3) is 0.0909. The zero-order valence-electron chi connectivity index (χ0n) is 25.7. The van der Waals surface area contributed by atoms with Crippen molar-refractivity contribution in [3.8, 4) is 33.4 Å². The normalized spacial score (nSPS) is 12.3. The molecule has 214 valence electrons. The van der Waals surface area contributed by atoms with Gasteiger partial charge in [0.25, 0.3) is 0 Å². The molecule has 0 aliphatic heterocycles. The third-order valence-electron chi connectivity index (χ3n) is 9.55. The number of furan rings is 1. The average Bonchev–Trinajstić information content (AvgIpc) is 3.46. The van der Waals surface area contributed by atoms with E-state index in [0.717, 1.165) is 16.6 Å². The van der Waals surface area contributed by atoms with Crippen molar-refractivity contribution in [1.82, 2.24) is 0 Å².